The lowest BCUT2D eigenvalue weighted by molar-refractivity contribution is -0.145. The second kappa shape index (κ2) is 5.42. The Bertz CT molecular complexity index is 475. The normalized spacial score (nSPS) is 19.5. The molecule has 1 N–H and O–H groups in total. The predicted molar refractivity (Wildman–Crippen MR) is 66.6 cm³/mol. The summed E-state index contributed by atoms with van der Waals surface area (Å²) in [7, 11) is 0. The summed E-state index contributed by atoms with van der Waals surface area (Å²) in [5.74, 6) is -0.291. The summed E-state index contributed by atoms with van der Waals surface area (Å²) in [5, 5.41) is 9.00. The summed E-state index contributed by atoms with van der Waals surface area (Å²) in [6.07, 6.45) is 1.46. The number of oxazole rings is 1. The highest BCUT2D eigenvalue weighted by Crippen LogP contribution is 2.18. The molecule has 19 heavy (non-hydrogen) atoms. The van der Waals surface area contributed by atoms with E-state index in [2.05, 4.69) is 4.98 Å². The number of carboxylic acids is 1. The Labute approximate surface area is 111 Å². The number of carboxylic acid groups (broad SMARTS) is 1. The minimum absolute atomic E-state index is 0.0982. The van der Waals surface area contributed by atoms with Crippen molar-refractivity contribution < 1.29 is 19.1 Å². The van der Waals surface area contributed by atoms with Gasteiger partial charge in [-0.25, -0.2) is 4.98 Å². The second-order valence-corrected chi connectivity index (χ2v) is 4.94. The van der Waals surface area contributed by atoms with Crippen LogP contribution in [-0.4, -0.2) is 40.0 Å². The van der Waals surface area contributed by atoms with Crippen molar-refractivity contribution >= 4 is 11.9 Å². The van der Waals surface area contributed by atoms with Crippen LogP contribution >= 0.6 is 0 Å². The van der Waals surface area contributed by atoms with Gasteiger partial charge in [0.15, 0.2) is 0 Å². The van der Waals surface area contributed by atoms with Crippen molar-refractivity contribution in [1.82, 2.24) is 9.88 Å². The fourth-order valence-electron chi connectivity index (χ4n) is 2.26. The number of aryl methyl sites for hydroxylation is 2. The molecule has 0 bridgehead atoms. The first-order valence-electron chi connectivity index (χ1n) is 6.41. The van der Waals surface area contributed by atoms with Crippen molar-refractivity contribution in [2.24, 2.45) is 5.92 Å². The molecule has 1 aromatic rings. The number of nitrogens with zero attached hydrogens (tertiary/aromatic N) is 2. The van der Waals surface area contributed by atoms with Gasteiger partial charge in [0.2, 0.25) is 11.8 Å². The molecule has 0 radical (unpaired) electrons. The van der Waals surface area contributed by atoms with E-state index in [1.54, 1.807) is 11.8 Å². The van der Waals surface area contributed by atoms with Crippen LogP contribution in [0.3, 0.4) is 0 Å². The van der Waals surface area contributed by atoms with E-state index in [0.717, 1.165) is 12.1 Å². The molecule has 1 fully saturated rings. The van der Waals surface area contributed by atoms with Crippen molar-refractivity contribution in [3.8, 4) is 0 Å². The monoisotopic (exact) mass is 266 g/mol. The average molecular weight is 266 g/mol. The summed E-state index contributed by atoms with van der Waals surface area (Å²) in [6, 6.07) is 0. The Kier molecular flexibility index (Phi) is 3.87. The molecule has 2 heterocycles. The quantitative estimate of drug-likeness (QED) is 0.887. The van der Waals surface area contributed by atoms with Crippen LogP contribution in [0.2, 0.25) is 0 Å². The molecule has 6 heteroatoms. The zero-order valence-corrected chi connectivity index (χ0v) is 11.2. The second-order valence-electron chi connectivity index (χ2n) is 4.94. The maximum atomic E-state index is 12.1. The molecule has 2 rings (SSSR count). The molecule has 6 nitrogen and oxygen atoms in total. The van der Waals surface area contributed by atoms with Crippen molar-refractivity contribution in [1.29, 1.82) is 0 Å². The van der Waals surface area contributed by atoms with Crippen LogP contribution in [0.25, 0.3) is 0 Å². The van der Waals surface area contributed by atoms with Gasteiger partial charge in [-0.05, 0) is 26.7 Å². The Morgan fingerprint density at radius 3 is 2.79 bits per heavy atom. The Morgan fingerprint density at radius 1 is 1.47 bits per heavy atom. The molecule has 1 saturated heterocycles. The molecule has 1 unspecified atom stereocenters. The van der Waals surface area contributed by atoms with Crippen molar-refractivity contribution in [2.45, 2.75) is 33.1 Å². The van der Waals surface area contributed by atoms with Gasteiger partial charge in [0.25, 0.3) is 0 Å². The lowest BCUT2D eigenvalue weighted by Gasteiger charge is -2.30. The molecular formula is C13H18N2O4. The van der Waals surface area contributed by atoms with Gasteiger partial charge in [-0.2, -0.15) is 0 Å². The highest BCUT2D eigenvalue weighted by Gasteiger charge is 2.28. The van der Waals surface area contributed by atoms with E-state index in [0.29, 0.717) is 24.6 Å². The summed E-state index contributed by atoms with van der Waals surface area (Å²) in [4.78, 5) is 28.8. The molecule has 0 aliphatic carbocycles. The molecule has 1 atom stereocenters. The third kappa shape index (κ3) is 3.13. The number of hydrogen-bond donors (Lipinski definition) is 1. The minimum Gasteiger partial charge on any atom is -0.481 e. The number of carbonyl (C=O) groups excluding carboxylic acids is 1. The van der Waals surface area contributed by atoms with E-state index in [4.69, 9.17) is 9.52 Å². The highest BCUT2D eigenvalue weighted by molar-refractivity contribution is 5.79. The van der Waals surface area contributed by atoms with Crippen LogP contribution in [0, 0.1) is 19.8 Å². The lowest BCUT2D eigenvalue weighted by Crippen LogP contribution is -2.43. The largest absolute Gasteiger partial charge is 0.481 e. The average Bonchev–Trinajstić information content (AvgIpc) is 2.68. The summed E-state index contributed by atoms with van der Waals surface area (Å²) < 4.78 is 5.38. The zero-order chi connectivity index (χ0) is 14.0. The molecule has 1 aromatic heterocycles. The summed E-state index contributed by atoms with van der Waals surface area (Å²) in [6.45, 7) is 4.53. The molecule has 0 aromatic carbocycles. The number of aliphatic carboxylic acids is 1. The zero-order valence-electron chi connectivity index (χ0n) is 11.2. The van der Waals surface area contributed by atoms with Crippen LogP contribution in [0.15, 0.2) is 4.42 Å². The number of hydrogen-bond acceptors (Lipinski definition) is 4. The number of aromatic nitrogens is 1. The number of rotatable bonds is 3. The summed E-state index contributed by atoms with van der Waals surface area (Å²) >= 11 is 0. The SMILES string of the molecule is Cc1nc(CC(=O)N2CCCC(C(=O)O)C2)oc1C. The van der Waals surface area contributed by atoms with E-state index in [-0.39, 0.29) is 18.9 Å². The van der Waals surface area contributed by atoms with Crippen LogP contribution in [0.4, 0.5) is 0 Å². The van der Waals surface area contributed by atoms with E-state index >= 15 is 0 Å². The van der Waals surface area contributed by atoms with Crippen molar-refractivity contribution in [3.63, 3.8) is 0 Å². The first kappa shape index (κ1) is 13.6. The molecular weight excluding hydrogens is 248 g/mol. The summed E-state index contributed by atoms with van der Waals surface area (Å²) in [5.41, 5.74) is 0.782. The number of amides is 1. The van der Waals surface area contributed by atoms with E-state index < -0.39 is 11.9 Å². The number of carbonyl (C=O) groups is 2. The number of piperidine rings is 1. The maximum Gasteiger partial charge on any atom is 0.308 e. The minimum atomic E-state index is -0.833. The van der Waals surface area contributed by atoms with Gasteiger partial charge in [0.05, 0.1) is 11.6 Å². The van der Waals surface area contributed by atoms with Gasteiger partial charge in [-0.15, -0.1) is 0 Å². The van der Waals surface area contributed by atoms with E-state index in [1.165, 1.54) is 0 Å². The Morgan fingerprint density at radius 2 is 2.21 bits per heavy atom. The van der Waals surface area contributed by atoms with Gasteiger partial charge in [0, 0.05) is 13.1 Å². The molecule has 1 aliphatic heterocycles. The van der Waals surface area contributed by atoms with E-state index in [9.17, 15) is 9.59 Å². The van der Waals surface area contributed by atoms with E-state index in [1.807, 2.05) is 6.92 Å². The van der Waals surface area contributed by atoms with Gasteiger partial charge in [0.1, 0.15) is 12.2 Å². The standard InChI is InChI=1S/C13H18N2O4/c1-8-9(2)19-11(14-8)6-12(16)15-5-3-4-10(7-15)13(17)18/h10H,3-7H2,1-2H3,(H,17,18). The topological polar surface area (TPSA) is 83.6 Å². The highest BCUT2D eigenvalue weighted by atomic mass is 16.4. The van der Waals surface area contributed by atoms with Gasteiger partial charge < -0.3 is 14.4 Å². The molecule has 0 saturated carbocycles. The van der Waals surface area contributed by atoms with Crippen molar-refractivity contribution in [3.05, 3.63) is 17.3 Å². The molecule has 104 valence electrons. The third-order valence-corrected chi connectivity index (χ3v) is 3.50. The fraction of sp³-hybridized carbons (Fsp3) is 0.615. The molecule has 1 aliphatic rings. The predicted octanol–water partition coefficient (Wildman–Crippen LogP) is 1.16. The van der Waals surface area contributed by atoms with Crippen LogP contribution < -0.4 is 0 Å². The maximum absolute atomic E-state index is 12.1. The van der Waals surface area contributed by atoms with Gasteiger partial charge in [-0.3, -0.25) is 9.59 Å². The third-order valence-electron chi connectivity index (χ3n) is 3.50. The smallest absolute Gasteiger partial charge is 0.308 e. The van der Waals surface area contributed by atoms with Crippen molar-refractivity contribution in [2.75, 3.05) is 13.1 Å². The van der Waals surface area contributed by atoms with Gasteiger partial charge >= 0.3 is 5.97 Å². The lowest BCUT2D eigenvalue weighted by atomic mass is 9.98. The molecule has 1 amide bonds. The fourth-order valence-corrected chi connectivity index (χ4v) is 2.26. The van der Waals surface area contributed by atoms with Crippen LogP contribution in [0.5, 0.6) is 0 Å². The van der Waals surface area contributed by atoms with Gasteiger partial charge in [-0.1, -0.05) is 0 Å². The first-order valence-corrected chi connectivity index (χ1v) is 6.41. The van der Waals surface area contributed by atoms with Crippen LogP contribution in [0.1, 0.15) is 30.2 Å². The Hall–Kier alpha value is -1.85. The Balaban J connectivity index is 1.97. The van der Waals surface area contributed by atoms with Crippen LogP contribution in [-0.2, 0) is 16.0 Å². The first-order chi connectivity index (χ1) is 8.97. The molecule has 0 spiro atoms. The number of likely N-dealkylation sites (tertiary alicyclic amines) is 1.